The molecule has 5 heterocycles. The minimum atomic E-state index is -0.636. The number of hydrogen-bond donors (Lipinski definition) is 2. The number of aromatic hydroxyl groups is 1. The van der Waals surface area contributed by atoms with Gasteiger partial charge in [-0.15, -0.1) is 0 Å². The zero-order valence-electron chi connectivity index (χ0n) is 35.5. The maximum atomic E-state index is 16.8. The van der Waals surface area contributed by atoms with Gasteiger partial charge in [0.05, 0.1) is 25.9 Å². The van der Waals surface area contributed by atoms with Gasteiger partial charge in [0.1, 0.15) is 17.5 Å². The minimum Gasteiger partial charge on any atom is -0.508 e. The molecule has 11 heteroatoms. The molecule has 3 amide bonds. The summed E-state index contributed by atoms with van der Waals surface area (Å²) >= 11 is 0. The second-order valence-corrected chi connectivity index (χ2v) is 19.4. The van der Waals surface area contributed by atoms with Gasteiger partial charge < -0.3 is 29.3 Å². The number of carbonyl (C=O) groups is 3. The van der Waals surface area contributed by atoms with Crippen molar-refractivity contribution in [3.8, 4) is 17.2 Å². The van der Waals surface area contributed by atoms with Crippen molar-refractivity contribution in [3.63, 3.8) is 0 Å². The van der Waals surface area contributed by atoms with E-state index in [1.807, 2.05) is 30.3 Å². The van der Waals surface area contributed by atoms with Gasteiger partial charge in [0.15, 0.2) is 11.6 Å². The predicted octanol–water partition coefficient (Wildman–Crippen LogP) is 7.59. The Balaban J connectivity index is 0.713. The molecule has 322 valence electrons. The normalized spacial score (nSPS) is 25.3. The van der Waals surface area contributed by atoms with Crippen LogP contribution in [0.4, 0.5) is 10.1 Å². The molecule has 5 aliphatic heterocycles. The number of nitrogens with zero attached hydrogens (tertiary/aromatic N) is 3. The number of rotatable bonds is 7. The summed E-state index contributed by atoms with van der Waals surface area (Å²) in [5, 5.41) is 12.7. The van der Waals surface area contributed by atoms with Gasteiger partial charge in [-0.05, 0) is 129 Å². The Hall–Kier alpha value is -5.42. The number of carbonyl (C=O) groups excluding carboxylic acids is 3. The molecule has 3 atom stereocenters. The monoisotopic (exact) mass is 838 g/mol. The molecule has 62 heavy (non-hydrogen) atoms. The lowest BCUT2D eigenvalue weighted by Crippen LogP contribution is -2.52. The van der Waals surface area contributed by atoms with Crippen molar-refractivity contribution in [2.24, 2.45) is 11.3 Å². The number of fused-ring (bicyclic) bond motifs is 5. The number of methoxy groups -OCH3 is 1. The van der Waals surface area contributed by atoms with Crippen molar-refractivity contribution in [1.82, 2.24) is 15.1 Å². The highest BCUT2D eigenvalue weighted by atomic mass is 19.1. The van der Waals surface area contributed by atoms with Crippen LogP contribution in [0.25, 0.3) is 0 Å². The number of benzene rings is 4. The highest BCUT2D eigenvalue weighted by Gasteiger charge is 2.50. The van der Waals surface area contributed by atoms with E-state index in [-0.39, 0.29) is 47.1 Å². The molecule has 11 rings (SSSR count). The number of phenolic OH excluding ortho intramolecular Hbond substituents is 1. The molecule has 2 aliphatic carbocycles. The molecule has 0 unspecified atom stereocenters. The average Bonchev–Trinajstić information content (AvgIpc) is 3.80. The van der Waals surface area contributed by atoms with E-state index in [9.17, 15) is 19.5 Å². The van der Waals surface area contributed by atoms with E-state index in [2.05, 4.69) is 51.5 Å². The van der Waals surface area contributed by atoms with Gasteiger partial charge in [-0.25, -0.2) is 4.39 Å². The van der Waals surface area contributed by atoms with Gasteiger partial charge in [-0.3, -0.25) is 19.7 Å². The van der Waals surface area contributed by atoms with Crippen LogP contribution in [-0.4, -0.2) is 85.1 Å². The first-order valence-electron chi connectivity index (χ1n) is 22.8. The molecule has 2 spiro atoms. The van der Waals surface area contributed by atoms with Gasteiger partial charge in [0.25, 0.3) is 5.91 Å². The number of halogens is 1. The van der Waals surface area contributed by atoms with Crippen molar-refractivity contribution in [1.29, 1.82) is 0 Å². The summed E-state index contributed by atoms with van der Waals surface area (Å²) in [5.74, 6) is 1.01. The second-order valence-electron chi connectivity index (χ2n) is 19.4. The number of likely N-dealkylation sites (tertiary alicyclic amines) is 1. The van der Waals surface area contributed by atoms with E-state index in [0.717, 1.165) is 99.3 Å². The molecule has 0 radical (unpaired) electrons. The molecule has 2 N–H and O–H groups in total. The molecule has 0 aromatic heterocycles. The molecular formula is C51H55FN4O6. The molecule has 3 saturated heterocycles. The van der Waals surface area contributed by atoms with Gasteiger partial charge in [0.2, 0.25) is 11.8 Å². The number of phenols is 1. The molecular weight excluding hydrogens is 784 g/mol. The summed E-state index contributed by atoms with van der Waals surface area (Å²) < 4.78 is 29.1. The molecule has 0 bridgehead atoms. The third-order valence-electron chi connectivity index (χ3n) is 16.1. The van der Waals surface area contributed by atoms with Crippen LogP contribution in [0.5, 0.6) is 17.2 Å². The van der Waals surface area contributed by atoms with Gasteiger partial charge in [0, 0.05) is 59.6 Å². The number of piperidine rings is 3. The highest BCUT2D eigenvalue weighted by molar-refractivity contribution is 6.05. The minimum absolute atomic E-state index is 0.0652. The van der Waals surface area contributed by atoms with E-state index in [1.165, 1.54) is 24.0 Å². The maximum absolute atomic E-state index is 16.8. The third kappa shape index (κ3) is 6.47. The standard InChI is InChI=1S/C51H55FN4O6/c1-61-47-38(44-35(32-5-3-2-4-6-32)9-7-33-25-34(57)8-10-36(33)44)12-14-41(45(47)52)55-23-17-50(18-24-55)26-31(27-50)28-54-21-19-51(20-22-54)30-62-46-39-29-56(42-15-16-43(58)53-48(42)59)49(60)37(39)11-13-40(46)51/h2-6,8,10-14,25,31,35,42,44,57H,7,9,15-24,26-30H2,1H3,(H,53,58,59)/t35-,42+,44+/m1/s1. The van der Waals surface area contributed by atoms with E-state index >= 15 is 4.39 Å². The zero-order chi connectivity index (χ0) is 42.3. The summed E-state index contributed by atoms with van der Waals surface area (Å²) in [4.78, 5) is 44.3. The van der Waals surface area contributed by atoms with Crippen molar-refractivity contribution in [3.05, 3.63) is 118 Å². The summed E-state index contributed by atoms with van der Waals surface area (Å²) in [6, 6.07) is 23.6. The fourth-order valence-electron chi connectivity index (χ4n) is 12.9. The fourth-order valence-corrected chi connectivity index (χ4v) is 12.9. The van der Waals surface area contributed by atoms with E-state index in [0.29, 0.717) is 47.9 Å². The first kappa shape index (κ1) is 39.4. The van der Waals surface area contributed by atoms with Crippen LogP contribution in [0, 0.1) is 17.2 Å². The third-order valence-corrected chi connectivity index (χ3v) is 16.1. The molecule has 10 nitrogen and oxygen atoms in total. The second kappa shape index (κ2) is 15.1. The number of nitrogens with one attached hydrogen (secondary N) is 1. The zero-order valence-corrected chi connectivity index (χ0v) is 35.5. The maximum Gasteiger partial charge on any atom is 0.255 e. The number of hydrogen-bond acceptors (Lipinski definition) is 8. The number of imide groups is 1. The van der Waals surface area contributed by atoms with Crippen LogP contribution in [0.2, 0.25) is 0 Å². The first-order chi connectivity index (χ1) is 30.1. The molecule has 4 fully saturated rings. The lowest BCUT2D eigenvalue weighted by molar-refractivity contribution is -0.136. The Kier molecular flexibility index (Phi) is 9.63. The van der Waals surface area contributed by atoms with Crippen LogP contribution < -0.4 is 19.7 Å². The summed E-state index contributed by atoms with van der Waals surface area (Å²) in [5.41, 5.74) is 7.89. The number of anilines is 1. The average molecular weight is 839 g/mol. The van der Waals surface area contributed by atoms with Crippen molar-refractivity contribution in [2.75, 3.05) is 51.3 Å². The van der Waals surface area contributed by atoms with Crippen molar-refractivity contribution >= 4 is 23.4 Å². The summed E-state index contributed by atoms with van der Waals surface area (Å²) in [6.45, 7) is 5.74. The number of ether oxygens (including phenoxy) is 2. The van der Waals surface area contributed by atoms with Crippen LogP contribution in [-0.2, 0) is 28.0 Å². The number of aryl methyl sites for hydroxylation is 1. The van der Waals surface area contributed by atoms with Crippen LogP contribution >= 0.6 is 0 Å². The predicted molar refractivity (Wildman–Crippen MR) is 232 cm³/mol. The number of amides is 3. The van der Waals surface area contributed by atoms with E-state index in [4.69, 9.17) is 9.47 Å². The van der Waals surface area contributed by atoms with Gasteiger partial charge >= 0.3 is 0 Å². The summed E-state index contributed by atoms with van der Waals surface area (Å²) in [6.07, 6.45) is 8.92. The Morgan fingerprint density at radius 3 is 2.42 bits per heavy atom. The Labute approximate surface area is 362 Å². The van der Waals surface area contributed by atoms with Crippen LogP contribution in [0.15, 0.2) is 72.8 Å². The lowest BCUT2D eigenvalue weighted by atomic mass is 9.57. The van der Waals surface area contributed by atoms with Crippen molar-refractivity contribution < 1.29 is 33.4 Å². The lowest BCUT2D eigenvalue weighted by Gasteiger charge is -2.54. The Morgan fingerprint density at radius 1 is 0.887 bits per heavy atom. The van der Waals surface area contributed by atoms with Crippen LogP contribution in [0.1, 0.15) is 113 Å². The fraction of sp³-hybridized carbons (Fsp3) is 0.471. The molecule has 4 aromatic carbocycles. The Bertz CT molecular complexity index is 2450. The molecule has 1 saturated carbocycles. The van der Waals surface area contributed by atoms with E-state index in [1.54, 1.807) is 18.1 Å². The topological polar surface area (TPSA) is 112 Å². The van der Waals surface area contributed by atoms with Crippen LogP contribution in [0.3, 0.4) is 0 Å². The Morgan fingerprint density at radius 2 is 1.66 bits per heavy atom. The SMILES string of the molecule is COc1c([C@@H]2c3ccc(O)cc3CC[C@@H]2c2ccccc2)ccc(N2CCC3(CC2)CC(CN2CCC4(CC2)COc2c4ccc4c2CN([C@H]2CCC(=O)NC2=O)C4=O)C3)c1F. The molecule has 7 aliphatic rings. The van der Waals surface area contributed by atoms with Gasteiger partial charge in [-0.2, -0.15) is 0 Å². The van der Waals surface area contributed by atoms with E-state index < -0.39 is 11.9 Å². The molecule has 4 aromatic rings. The first-order valence-corrected chi connectivity index (χ1v) is 22.8. The van der Waals surface area contributed by atoms with Crippen molar-refractivity contribution in [2.45, 2.75) is 94.0 Å². The van der Waals surface area contributed by atoms with Gasteiger partial charge in [-0.1, -0.05) is 48.5 Å². The smallest absolute Gasteiger partial charge is 0.255 e. The quantitative estimate of drug-likeness (QED) is 0.184. The highest BCUT2D eigenvalue weighted by Crippen LogP contribution is 2.56. The largest absolute Gasteiger partial charge is 0.508 e. The summed E-state index contributed by atoms with van der Waals surface area (Å²) in [7, 11) is 1.58.